The van der Waals surface area contributed by atoms with E-state index in [1.807, 2.05) is 72.8 Å². The van der Waals surface area contributed by atoms with Crippen LogP contribution in [0.25, 0.3) is 10.2 Å². The number of amides is 1. The van der Waals surface area contributed by atoms with Crippen molar-refractivity contribution in [2.75, 3.05) is 20.0 Å². The first-order valence-electron chi connectivity index (χ1n) is 9.72. The summed E-state index contributed by atoms with van der Waals surface area (Å²) in [5.74, 6) is 1.79. The summed E-state index contributed by atoms with van der Waals surface area (Å²) in [5, 5.41) is 3.16. The molecular weight excluding hydrogens is 428 g/mol. The number of benzene rings is 3. The lowest BCUT2D eigenvalue weighted by atomic mass is 9.98. The molecule has 0 saturated heterocycles. The van der Waals surface area contributed by atoms with E-state index in [4.69, 9.17) is 9.47 Å². The van der Waals surface area contributed by atoms with Crippen molar-refractivity contribution in [2.24, 2.45) is 0 Å². The number of carbonyl (C=O) groups is 1. The quantitative estimate of drug-likeness (QED) is 0.369. The third-order valence-electron chi connectivity index (χ3n) is 4.80. The van der Waals surface area contributed by atoms with Crippen LogP contribution in [0.1, 0.15) is 17.2 Å². The highest BCUT2D eigenvalue weighted by atomic mass is 32.2. The molecule has 0 bridgehead atoms. The molecule has 0 spiro atoms. The predicted molar refractivity (Wildman–Crippen MR) is 126 cm³/mol. The normalized spacial score (nSPS) is 10.9. The van der Waals surface area contributed by atoms with Crippen molar-refractivity contribution >= 4 is 39.2 Å². The number of hydrogen-bond acceptors (Lipinski definition) is 6. The Morgan fingerprint density at radius 1 is 0.935 bits per heavy atom. The van der Waals surface area contributed by atoms with Gasteiger partial charge in [0, 0.05) is 0 Å². The van der Waals surface area contributed by atoms with Gasteiger partial charge < -0.3 is 14.8 Å². The molecule has 1 N–H and O–H groups in total. The van der Waals surface area contributed by atoms with Gasteiger partial charge in [0.2, 0.25) is 5.91 Å². The number of aromatic nitrogens is 1. The van der Waals surface area contributed by atoms with Crippen LogP contribution in [0.5, 0.6) is 11.5 Å². The number of thioether (sulfide) groups is 1. The Bertz CT molecular complexity index is 1080. The standard InChI is InChI=1S/C24H22N2O3S2/c1-28-18-11-7-16(8-12-18)23(17-9-13-19(29-2)14-10-17)26-22(27)15-30-24-25-20-5-3-4-6-21(20)31-24/h3-14,23H,15H2,1-2H3,(H,26,27). The van der Waals surface area contributed by atoms with Crippen LogP contribution in [0.15, 0.2) is 77.1 Å². The van der Waals surface area contributed by atoms with Crippen LogP contribution in [-0.2, 0) is 4.79 Å². The lowest BCUT2D eigenvalue weighted by molar-refractivity contribution is -0.119. The van der Waals surface area contributed by atoms with Gasteiger partial charge in [0.1, 0.15) is 11.5 Å². The van der Waals surface area contributed by atoms with E-state index in [-0.39, 0.29) is 11.9 Å². The van der Waals surface area contributed by atoms with Crippen molar-refractivity contribution in [3.05, 3.63) is 83.9 Å². The molecule has 4 aromatic rings. The zero-order chi connectivity index (χ0) is 21.6. The number of nitrogens with one attached hydrogen (secondary N) is 1. The zero-order valence-corrected chi connectivity index (χ0v) is 18.8. The van der Waals surface area contributed by atoms with E-state index in [1.54, 1.807) is 25.6 Å². The molecule has 0 radical (unpaired) electrons. The van der Waals surface area contributed by atoms with Gasteiger partial charge in [0.05, 0.1) is 36.2 Å². The van der Waals surface area contributed by atoms with Crippen molar-refractivity contribution in [2.45, 2.75) is 10.4 Å². The molecule has 0 saturated carbocycles. The number of rotatable bonds is 8. The molecule has 7 heteroatoms. The molecule has 1 aromatic heterocycles. The van der Waals surface area contributed by atoms with Crippen LogP contribution in [0.4, 0.5) is 0 Å². The maximum Gasteiger partial charge on any atom is 0.231 e. The number of carbonyl (C=O) groups excluding carboxylic acids is 1. The minimum atomic E-state index is -0.278. The van der Waals surface area contributed by atoms with E-state index >= 15 is 0 Å². The Hall–Kier alpha value is -3.03. The molecule has 31 heavy (non-hydrogen) atoms. The summed E-state index contributed by atoms with van der Waals surface area (Å²) >= 11 is 3.06. The lowest BCUT2D eigenvalue weighted by Gasteiger charge is -2.20. The second-order valence-electron chi connectivity index (χ2n) is 6.78. The third-order valence-corrected chi connectivity index (χ3v) is 6.98. The van der Waals surface area contributed by atoms with Crippen LogP contribution < -0.4 is 14.8 Å². The number of fused-ring (bicyclic) bond motifs is 1. The minimum Gasteiger partial charge on any atom is -0.497 e. The molecule has 0 aliphatic heterocycles. The Morgan fingerprint density at radius 2 is 1.52 bits per heavy atom. The van der Waals surface area contributed by atoms with Crippen LogP contribution in [-0.4, -0.2) is 30.9 Å². The third kappa shape index (κ3) is 5.18. The summed E-state index contributed by atoms with van der Waals surface area (Å²) in [6, 6.07) is 23.2. The first kappa shape index (κ1) is 21.2. The Labute approximate surface area is 189 Å². The van der Waals surface area contributed by atoms with Gasteiger partial charge in [-0.1, -0.05) is 48.2 Å². The highest BCUT2D eigenvalue weighted by molar-refractivity contribution is 8.01. The molecule has 1 amide bonds. The molecular formula is C24H22N2O3S2. The fourth-order valence-corrected chi connectivity index (χ4v) is 5.07. The smallest absolute Gasteiger partial charge is 0.231 e. The van der Waals surface area contributed by atoms with E-state index in [9.17, 15) is 4.79 Å². The number of para-hydroxylation sites is 1. The fourth-order valence-electron chi connectivity index (χ4n) is 3.19. The SMILES string of the molecule is COc1ccc(C(NC(=O)CSc2nc3ccccc3s2)c2ccc(OC)cc2)cc1. The Balaban J connectivity index is 1.50. The topological polar surface area (TPSA) is 60.5 Å². The van der Waals surface area contributed by atoms with Gasteiger partial charge in [-0.2, -0.15) is 0 Å². The average Bonchev–Trinajstić information content (AvgIpc) is 3.24. The van der Waals surface area contributed by atoms with Crippen molar-refractivity contribution < 1.29 is 14.3 Å². The van der Waals surface area contributed by atoms with Crippen LogP contribution >= 0.6 is 23.1 Å². The van der Waals surface area contributed by atoms with E-state index in [0.29, 0.717) is 5.75 Å². The lowest BCUT2D eigenvalue weighted by Crippen LogP contribution is -2.30. The Morgan fingerprint density at radius 3 is 2.06 bits per heavy atom. The summed E-state index contributed by atoms with van der Waals surface area (Å²) in [4.78, 5) is 17.4. The number of nitrogens with zero attached hydrogens (tertiary/aromatic N) is 1. The average molecular weight is 451 g/mol. The van der Waals surface area contributed by atoms with E-state index in [2.05, 4.69) is 10.3 Å². The maximum absolute atomic E-state index is 12.8. The fraction of sp³-hybridized carbons (Fsp3) is 0.167. The maximum atomic E-state index is 12.8. The van der Waals surface area contributed by atoms with E-state index in [1.165, 1.54) is 11.8 Å². The number of hydrogen-bond donors (Lipinski definition) is 1. The highest BCUT2D eigenvalue weighted by Gasteiger charge is 2.18. The first-order valence-corrected chi connectivity index (χ1v) is 11.5. The van der Waals surface area contributed by atoms with Crippen molar-refractivity contribution in [1.29, 1.82) is 0 Å². The van der Waals surface area contributed by atoms with Gasteiger partial charge in [-0.15, -0.1) is 11.3 Å². The minimum absolute atomic E-state index is 0.0547. The molecule has 0 aliphatic carbocycles. The summed E-state index contributed by atoms with van der Waals surface area (Å²) in [6.45, 7) is 0. The molecule has 4 rings (SSSR count). The van der Waals surface area contributed by atoms with Crippen molar-refractivity contribution in [1.82, 2.24) is 10.3 Å². The van der Waals surface area contributed by atoms with Crippen molar-refractivity contribution in [3.8, 4) is 11.5 Å². The summed E-state index contributed by atoms with van der Waals surface area (Å²) in [7, 11) is 3.27. The molecule has 0 atom stereocenters. The van der Waals surface area contributed by atoms with Crippen molar-refractivity contribution in [3.63, 3.8) is 0 Å². The molecule has 158 valence electrons. The molecule has 5 nitrogen and oxygen atoms in total. The van der Waals surface area contributed by atoms with Gasteiger partial charge in [-0.3, -0.25) is 4.79 Å². The van der Waals surface area contributed by atoms with Gasteiger partial charge in [-0.25, -0.2) is 4.98 Å². The van der Waals surface area contributed by atoms with Gasteiger partial charge in [0.25, 0.3) is 0 Å². The molecule has 0 unspecified atom stereocenters. The molecule has 3 aromatic carbocycles. The second-order valence-corrected chi connectivity index (χ2v) is 9.04. The number of thiazole rings is 1. The second kappa shape index (κ2) is 9.85. The predicted octanol–water partition coefficient (Wildman–Crippen LogP) is 5.31. The number of methoxy groups -OCH3 is 2. The number of ether oxygens (including phenoxy) is 2. The van der Waals surface area contributed by atoms with Crippen LogP contribution in [0.2, 0.25) is 0 Å². The molecule has 0 aliphatic rings. The zero-order valence-electron chi connectivity index (χ0n) is 17.2. The summed E-state index contributed by atoms with van der Waals surface area (Å²) in [5.41, 5.74) is 2.92. The van der Waals surface area contributed by atoms with Gasteiger partial charge >= 0.3 is 0 Å². The van der Waals surface area contributed by atoms with Gasteiger partial charge in [0.15, 0.2) is 4.34 Å². The largest absolute Gasteiger partial charge is 0.497 e. The van der Waals surface area contributed by atoms with Crippen LogP contribution in [0.3, 0.4) is 0 Å². The van der Waals surface area contributed by atoms with Crippen LogP contribution in [0, 0.1) is 0 Å². The Kier molecular flexibility index (Phi) is 6.74. The summed E-state index contributed by atoms with van der Waals surface area (Å²) < 4.78 is 12.5. The van der Waals surface area contributed by atoms with Gasteiger partial charge in [-0.05, 0) is 47.5 Å². The summed E-state index contributed by atoms with van der Waals surface area (Å²) in [6.07, 6.45) is 0. The first-order chi connectivity index (χ1) is 15.2. The van der Waals surface area contributed by atoms with E-state index in [0.717, 1.165) is 37.2 Å². The molecule has 0 fully saturated rings. The van der Waals surface area contributed by atoms with E-state index < -0.39 is 0 Å². The highest BCUT2D eigenvalue weighted by Crippen LogP contribution is 2.30. The monoisotopic (exact) mass is 450 g/mol. The molecule has 1 heterocycles.